The minimum atomic E-state index is -0.161. The van der Waals surface area contributed by atoms with Crippen LogP contribution in [0.4, 0.5) is 11.4 Å². The van der Waals surface area contributed by atoms with Gasteiger partial charge in [0, 0.05) is 23.7 Å². The van der Waals surface area contributed by atoms with Crippen molar-refractivity contribution in [2.24, 2.45) is 0 Å². The van der Waals surface area contributed by atoms with Crippen molar-refractivity contribution in [1.29, 1.82) is 0 Å². The molecule has 0 saturated heterocycles. The first-order chi connectivity index (χ1) is 10.5. The number of halogens is 1. The van der Waals surface area contributed by atoms with Crippen LogP contribution in [0.5, 0.6) is 0 Å². The first-order valence-electron chi connectivity index (χ1n) is 6.45. The topological polar surface area (TPSA) is 71.1 Å². The second-order valence-electron chi connectivity index (χ2n) is 4.38. The van der Waals surface area contributed by atoms with Gasteiger partial charge in [-0.1, -0.05) is 11.6 Å². The maximum Gasteiger partial charge on any atom is 0.234 e. The average Bonchev–Trinajstić information content (AvgIpc) is 2.48. The lowest BCUT2D eigenvalue weighted by Crippen LogP contribution is -2.14. The third-order valence-electron chi connectivity index (χ3n) is 2.58. The zero-order chi connectivity index (χ0) is 15.9. The van der Waals surface area contributed by atoms with Gasteiger partial charge in [0.25, 0.3) is 0 Å². The van der Waals surface area contributed by atoms with Crippen molar-refractivity contribution < 1.29 is 9.59 Å². The van der Waals surface area contributed by atoms with Crippen molar-refractivity contribution in [3.8, 4) is 0 Å². The Bertz CT molecular complexity index is 677. The molecular formula is C15H14ClN3O2S. The number of hydrogen-bond acceptors (Lipinski definition) is 4. The summed E-state index contributed by atoms with van der Waals surface area (Å²) in [7, 11) is 0. The van der Waals surface area contributed by atoms with Gasteiger partial charge in [0.05, 0.1) is 11.4 Å². The molecule has 2 aromatic rings. The fourth-order valence-corrected chi connectivity index (χ4v) is 2.52. The van der Waals surface area contributed by atoms with E-state index in [4.69, 9.17) is 11.6 Å². The van der Waals surface area contributed by atoms with E-state index in [0.717, 1.165) is 10.6 Å². The number of anilines is 2. The average molecular weight is 336 g/mol. The number of carbonyl (C=O) groups excluding carboxylic acids is 2. The van der Waals surface area contributed by atoms with Crippen molar-refractivity contribution >= 4 is 46.6 Å². The first-order valence-corrected chi connectivity index (χ1v) is 7.82. The zero-order valence-corrected chi connectivity index (χ0v) is 13.4. The number of nitrogens with zero attached hydrogens (tertiary/aromatic N) is 1. The Labute approximate surface area is 137 Å². The number of nitrogens with one attached hydrogen (secondary N) is 2. The molecule has 0 aliphatic rings. The highest BCUT2D eigenvalue weighted by Crippen LogP contribution is 2.22. The van der Waals surface area contributed by atoms with Crippen molar-refractivity contribution in [2.75, 3.05) is 16.4 Å². The predicted octanol–water partition coefficient (Wildman–Crippen LogP) is 3.42. The lowest BCUT2D eigenvalue weighted by Gasteiger charge is -2.07. The van der Waals surface area contributed by atoms with E-state index < -0.39 is 0 Å². The fourth-order valence-electron chi connectivity index (χ4n) is 1.65. The van der Waals surface area contributed by atoms with Crippen LogP contribution in [0.1, 0.15) is 6.92 Å². The monoisotopic (exact) mass is 335 g/mol. The number of thioether (sulfide) groups is 1. The molecule has 0 radical (unpaired) electrons. The molecule has 2 N–H and O–H groups in total. The highest BCUT2D eigenvalue weighted by Gasteiger charge is 2.07. The van der Waals surface area contributed by atoms with Gasteiger partial charge in [0.2, 0.25) is 11.8 Å². The third kappa shape index (κ3) is 5.05. The number of hydrogen-bond donors (Lipinski definition) is 2. The van der Waals surface area contributed by atoms with Crippen LogP contribution >= 0.6 is 23.4 Å². The lowest BCUT2D eigenvalue weighted by atomic mass is 10.3. The molecule has 0 atom stereocenters. The van der Waals surface area contributed by atoms with E-state index in [1.165, 1.54) is 18.7 Å². The SMILES string of the molecule is CC(=O)Nc1ccc(SCC(=O)Nc2cccnc2Cl)cc1. The Hall–Kier alpha value is -2.05. The number of rotatable bonds is 5. The Morgan fingerprint density at radius 3 is 2.55 bits per heavy atom. The van der Waals surface area contributed by atoms with Gasteiger partial charge in [0.1, 0.15) is 0 Å². The van der Waals surface area contributed by atoms with Crippen molar-refractivity contribution in [3.05, 3.63) is 47.7 Å². The molecule has 0 unspecified atom stereocenters. The van der Waals surface area contributed by atoms with Crippen LogP contribution in [0, 0.1) is 0 Å². The summed E-state index contributed by atoms with van der Waals surface area (Å²) >= 11 is 7.27. The highest BCUT2D eigenvalue weighted by molar-refractivity contribution is 8.00. The van der Waals surface area contributed by atoms with E-state index in [-0.39, 0.29) is 22.7 Å². The molecule has 2 rings (SSSR count). The quantitative estimate of drug-likeness (QED) is 0.648. The van der Waals surface area contributed by atoms with Gasteiger partial charge in [0.15, 0.2) is 5.15 Å². The van der Waals surface area contributed by atoms with Gasteiger partial charge in [-0.3, -0.25) is 9.59 Å². The van der Waals surface area contributed by atoms with Gasteiger partial charge in [-0.2, -0.15) is 0 Å². The van der Waals surface area contributed by atoms with Crippen LogP contribution in [0.2, 0.25) is 5.15 Å². The molecule has 0 spiro atoms. The van der Waals surface area contributed by atoms with Gasteiger partial charge in [-0.05, 0) is 36.4 Å². The molecule has 0 bridgehead atoms. The van der Waals surface area contributed by atoms with Crippen LogP contribution in [0.25, 0.3) is 0 Å². The summed E-state index contributed by atoms with van der Waals surface area (Å²) in [5.41, 5.74) is 1.22. The van der Waals surface area contributed by atoms with Gasteiger partial charge < -0.3 is 10.6 Å². The zero-order valence-electron chi connectivity index (χ0n) is 11.8. The summed E-state index contributed by atoms with van der Waals surface area (Å²) in [5, 5.41) is 5.66. The Morgan fingerprint density at radius 1 is 1.18 bits per heavy atom. The van der Waals surface area contributed by atoms with Crippen LogP contribution in [0.15, 0.2) is 47.5 Å². The summed E-state index contributed by atoms with van der Waals surface area (Å²) in [6.07, 6.45) is 1.56. The predicted molar refractivity (Wildman–Crippen MR) is 89.3 cm³/mol. The molecule has 114 valence electrons. The van der Waals surface area contributed by atoms with E-state index in [0.29, 0.717) is 5.69 Å². The highest BCUT2D eigenvalue weighted by atomic mass is 35.5. The lowest BCUT2D eigenvalue weighted by molar-refractivity contribution is -0.114. The third-order valence-corrected chi connectivity index (χ3v) is 3.89. The molecule has 0 aliphatic carbocycles. The molecule has 1 aromatic carbocycles. The van der Waals surface area contributed by atoms with E-state index in [9.17, 15) is 9.59 Å². The molecule has 0 saturated carbocycles. The van der Waals surface area contributed by atoms with Gasteiger partial charge in [-0.15, -0.1) is 11.8 Å². The molecule has 5 nitrogen and oxygen atoms in total. The summed E-state index contributed by atoms with van der Waals surface area (Å²) in [4.78, 5) is 27.6. The number of benzene rings is 1. The van der Waals surface area contributed by atoms with Crippen molar-refractivity contribution in [3.63, 3.8) is 0 Å². The Kier molecular flexibility index (Phi) is 5.80. The normalized spacial score (nSPS) is 10.1. The Morgan fingerprint density at radius 2 is 1.91 bits per heavy atom. The second kappa shape index (κ2) is 7.82. The Balaban J connectivity index is 1.86. The summed E-state index contributed by atoms with van der Waals surface area (Å²) in [6, 6.07) is 10.7. The number of amides is 2. The molecule has 2 amide bonds. The maximum atomic E-state index is 11.9. The largest absolute Gasteiger partial charge is 0.326 e. The smallest absolute Gasteiger partial charge is 0.234 e. The van der Waals surface area contributed by atoms with Crippen LogP contribution in [-0.4, -0.2) is 22.6 Å². The number of pyridine rings is 1. The van der Waals surface area contributed by atoms with E-state index >= 15 is 0 Å². The molecule has 7 heteroatoms. The van der Waals surface area contributed by atoms with Crippen LogP contribution in [-0.2, 0) is 9.59 Å². The minimum Gasteiger partial charge on any atom is -0.326 e. The maximum absolute atomic E-state index is 11.9. The molecule has 0 fully saturated rings. The molecule has 22 heavy (non-hydrogen) atoms. The second-order valence-corrected chi connectivity index (χ2v) is 5.79. The van der Waals surface area contributed by atoms with Crippen molar-refractivity contribution in [2.45, 2.75) is 11.8 Å². The number of carbonyl (C=O) groups is 2. The minimum absolute atomic E-state index is 0.117. The molecular weight excluding hydrogens is 322 g/mol. The number of aromatic nitrogens is 1. The molecule has 0 aliphatic heterocycles. The standard InChI is InChI=1S/C15H14ClN3O2S/c1-10(20)18-11-4-6-12(7-5-11)22-9-14(21)19-13-3-2-8-17-15(13)16/h2-8H,9H2,1H3,(H,18,20)(H,19,21). The van der Waals surface area contributed by atoms with E-state index in [1.807, 2.05) is 12.1 Å². The van der Waals surface area contributed by atoms with Gasteiger partial charge >= 0.3 is 0 Å². The summed E-state index contributed by atoms with van der Waals surface area (Å²) in [6.45, 7) is 1.45. The van der Waals surface area contributed by atoms with E-state index in [1.54, 1.807) is 30.5 Å². The van der Waals surface area contributed by atoms with Crippen LogP contribution < -0.4 is 10.6 Å². The van der Waals surface area contributed by atoms with Gasteiger partial charge in [-0.25, -0.2) is 4.98 Å². The van der Waals surface area contributed by atoms with E-state index in [2.05, 4.69) is 15.6 Å². The van der Waals surface area contributed by atoms with Crippen LogP contribution in [0.3, 0.4) is 0 Å². The summed E-state index contributed by atoms with van der Waals surface area (Å²) < 4.78 is 0. The first kappa shape index (κ1) is 16.3. The fraction of sp³-hybridized carbons (Fsp3) is 0.133. The summed E-state index contributed by atoms with van der Waals surface area (Å²) in [5.74, 6) is -0.0241. The molecule has 1 aromatic heterocycles. The van der Waals surface area contributed by atoms with Crippen molar-refractivity contribution in [1.82, 2.24) is 4.98 Å². The molecule has 1 heterocycles.